The van der Waals surface area contributed by atoms with Crippen LogP contribution in [0.25, 0.3) is 0 Å². The lowest BCUT2D eigenvalue weighted by Gasteiger charge is -2.18. The number of hydrogen-bond acceptors (Lipinski definition) is 3. The van der Waals surface area contributed by atoms with Crippen molar-refractivity contribution >= 4 is 17.7 Å². The van der Waals surface area contributed by atoms with Gasteiger partial charge >= 0.3 is 12.0 Å². The van der Waals surface area contributed by atoms with Crippen LogP contribution in [0, 0.1) is 5.92 Å². The van der Waals surface area contributed by atoms with Gasteiger partial charge in [-0.1, -0.05) is 18.2 Å². The predicted molar refractivity (Wildman–Crippen MR) is 75.5 cm³/mol. The van der Waals surface area contributed by atoms with E-state index in [0.29, 0.717) is 19.5 Å². The van der Waals surface area contributed by atoms with E-state index in [9.17, 15) is 9.59 Å². The van der Waals surface area contributed by atoms with E-state index in [4.69, 9.17) is 5.11 Å². The predicted octanol–water partition coefficient (Wildman–Crippen LogP) is 1.34. The zero-order valence-electron chi connectivity index (χ0n) is 11.4. The summed E-state index contributed by atoms with van der Waals surface area (Å²) in [6.45, 7) is 1.42. The minimum Gasteiger partial charge on any atom is -0.481 e. The lowest BCUT2D eigenvalue weighted by Crippen LogP contribution is -2.34. The molecule has 1 aromatic carbocycles. The molecule has 6 heteroatoms. The number of urea groups is 1. The fourth-order valence-electron chi connectivity index (χ4n) is 2.33. The Kier molecular flexibility index (Phi) is 4.57. The Balaban J connectivity index is 2.00. The highest BCUT2D eigenvalue weighted by molar-refractivity contribution is 5.90. The van der Waals surface area contributed by atoms with E-state index in [-0.39, 0.29) is 12.6 Å². The second-order valence-electron chi connectivity index (χ2n) is 4.89. The first-order valence-electron chi connectivity index (χ1n) is 6.63. The summed E-state index contributed by atoms with van der Waals surface area (Å²) in [4.78, 5) is 24.6. The minimum atomic E-state index is -0.837. The van der Waals surface area contributed by atoms with Crippen LogP contribution in [0.2, 0.25) is 0 Å². The number of carboxylic acid groups (broad SMARTS) is 1. The van der Waals surface area contributed by atoms with Crippen LogP contribution >= 0.6 is 0 Å². The van der Waals surface area contributed by atoms with Crippen LogP contribution in [0.15, 0.2) is 24.3 Å². The van der Waals surface area contributed by atoms with Crippen LogP contribution < -0.4 is 10.6 Å². The van der Waals surface area contributed by atoms with Gasteiger partial charge in [-0.2, -0.15) is 0 Å². The van der Waals surface area contributed by atoms with Gasteiger partial charge in [-0.25, -0.2) is 4.79 Å². The number of benzene rings is 1. The number of nitrogens with zero attached hydrogens (tertiary/aromatic N) is 1. The first-order chi connectivity index (χ1) is 9.61. The monoisotopic (exact) mass is 277 g/mol. The molecule has 108 valence electrons. The standard InChI is InChI=1S/C14H19N3O3/c1-15-8-10-4-2-3-5-12(10)16-14(20)17-7-6-11(9-17)13(18)19/h2-5,11,15H,6-9H2,1H3,(H,16,20)(H,18,19). The van der Waals surface area contributed by atoms with E-state index in [0.717, 1.165) is 11.3 Å². The number of hydrogen-bond donors (Lipinski definition) is 3. The normalized spacial score (nSPS) is 18.1. The second-order valence-corrected chi connectivity index (χ2v) is 4.89. The van der Waals surface area contributed by atoms with Crippen molar-refractivity contribution in [3.05, 3.63) is 29.8 Å². The maximum absolute atomic E-state index is 12.1. The molecule has 0 aromatic heterocycles. The Morgan fingerprint density at radius 1 is 1.40 bits per heavy atom. The maximum Gasteiger partial charge on any atom is 0.321 e. The van der Waals surface area contributed by atoms with Crippen molar-refractivity contribution < 1.29 is 14.7 Å². The van der Waals surface area contributed by atoms with E-state index in [1.807, 2.05) is 31.3 Å². The van der Waals surface area contributed by atoms with Crippen LogP contribution in [0.3, 0.4) is 0 Å². The molecule has 1 unspecified atom stereocenters. The van der Waals surface area contributed by atoms with E-state index in [1.54, 1.807) is 4.90 Å². The number of anilines is 1. The zero-order chi connectivity index (χ0) is 14.5. The van der Waals surface area contributed by atoms with Gasteiger partial charge in [0.05, 0.1) is 5.92 Å². The zero-order valence-corrected chi connectivity index (χ0v) is 11.4. The van der Waals surface area contributed by atoms with Gasteiger partial charge in [-0.3, -0.25) is 4.79 Å². The van der Waals surface area contributed by atoms with E-state index in [1.165, 1.54) is 0 Å². The van der Waals surface area contributed by atoms with Gasteiger partial charge in [0, 0.05) is 25.3 Å². The summed E-state index contributed by atoms with van der Waals surface area (Å²) in [7, 11) is 1.84. The van der Waals surface area contributed by atoms with Crippen LogP contribution in [-0.2, 0) is 11.3 Å². The first-order valence-corrected chi connectivity index (χ1v) is 6.63. The second kappa shape index (κ2) is 6.38. The molecule has 6 nitrogen and oxygen atoms in total. The molecule has 1 aliphatic rings. The fourth-order valence-corrected chi connectivity index (χ4v) is 2.33. The molecule has 2 amide bonds. The molecule has 1 heterocycles. The summed E-state index contributed by atoms with van der Waals surface area (Å²) in [5, 5.41) is 14.8. The Labute approximate surface area is 117 Å². The molecule has 3 N–H and O–H groups in total. The summed E-state index contributed by atoms with van der Waals surface area (Å²) in [6, 6.07) is 7.32. The summed E-state index contributed by atoms with van der Waals surface area (Å²) >= 11 is 0. The van der Waals surface area contributed by atoms with Crippen LogP contribution in [-0.4, -0.2) is 42.1 Å². The Bertz CT molecular complexity index is 504. The first kappa shape index (κ1) is 14.3. The number of amides is 2. The molecule has 1 saturated heterocycles. The maximum atomic E-state index is 12.1. The van der Waals surface area contributed by atoms with E-state index < -0.39 is 11.9 Å². The highest BCUT2D eigenvalue weighted by Gasteiger charge is 2.30. The number of aliphatic carboxylic acids is 1. The van der Waals surface area contributed by atoms with Gasteiger partial charge in [-0.05, 0) is 25.1 Å². The lowest BCUT2D eigenvalue weighted by molar-refractivity contribution is -0.141. The summed E-state index contributed by atoms with van der Waals surface area (Å²) in [6.07, 6.45) is 0.515. The number of nitrogens with one attached hydrogen (secondary N) is 2. The summed E-state index contributed by atoms with van der Waals surface area (Å²) in [5.74, 6) is -1.29. The molecule has 1 atom stereocenters. The third kappa shape index (κ3) is 3.27. The largest absolute Gasteiger partial charge is 0.481 e. The van der Waals surface area contributed by atoms with Gasteiger partial charge in [0.1, 0.15) is 0 Å². The van der Waals surface area contributed by atoms with Gasteiger partial charge in [0.15, 0.2) is 0 Å². The molecule has 1 fully saturated rings. The fraction of sp³-hybridized carbons (Fsp3) is 0.429. The number of likely N-dealkylation sites (tertiary alicyclic amines) is 1. The number of carbonyl (C=O) groups is 2. The summed E-state index contributed by atoms with van der Waals surface area (Å²) in [5.41, 5.74) is 1.75. The highest BCUT2D eigenvalue weighted by atomic mass is 16.4. The molecule has 0 saturated carbocycles. The van der Waals surface area contributed by atoms with Crippen LogP contribution in [0.5, 0.6) is 0 Å². The molecule has 20 heavy (non-hydrogen) atoms. The van der Waals surface area contributed by atoms with Crippen molar-refractivity contribution in [1.29, 1.82) is 0 Å². The van der Waals surface area contributed by atoms with Gasteiger partial charge in [0.2, 0.25) is 0 Å². The summed E-state index contributed by atoms with van der Waals surface area (Å²) < 4.78 is 0. The average Bonchev–Trinajstić information content (AvgIpc) is 2.91. The van der Waals surface area contributed by atoms with Crippen molar-refractivity contribution in [3.8, 4) is 0 Å². The number of rotatable bonds is 4. The van der Waals surface area contributed by atoms with Crippen LogP contribution in [0.4, 0.5) is 10.5 Å². The molecule has 1 aromatic rings. The van der Waals surface area contributed by atoms with E-state index in [2.05, 4.69) is 10.6 Å². The number of para-hydroxylation sites is 1. The van der Waals surface area contributed by atoms with Gasteiger partial charge in [0.25, 0.3) is 0 Å². The van der Waals surface area contributed by atoms with Crippen molar-refractivity contribution in [3.63, 3.8) is 0 Å². The molecule has 0 aliphatic carbocycles. The minimum absolute atomic E-state index is 0.239. The molecule has 2 rings (SSSR count). The SMILES string of the molecule is CNCc1ccccc1NC(=O)N1CCC(C(=O)O)C1. The highest BCUT2D eigenvalue weighted by Crippen LogP contribution is 2.19. The van der Waals surface area contributed by atoms with E-state index >= 15 is 0 Å². The Hall–Kier alpha value is -2.08. The third-order valence-electron chi connectivity index (χ3n) is 3.45. The number of carboxylic acids is 1. The Morgan fingerprint density at radius 3 is 2.80 bits per heavy atom. The smallest absolute Gasteiger partial charge is 0.321 e. The van der Waals surface area contributed by atoms with Crippen LogP contribution in [0.1, 0.15) is 12.0 Å². The molecule has 0 radical (unpaired) electrons. The quantitative estimate of drug-likeness (QED) is 0.776. The Morgan fingerprint density at radius 2 is 2.15 bits per heavy atom. The molecule has 0 bridgehead atoms. The average molecular weight is 277 g/mol. The van der Waals surface area contributed by atoms with Crippen molar-refractivity contribution in [1.82, 2.24) is 10.2 Å². The van der Waals surface area contributed by atoms with Gasteiger partial charge in [-0.15, -0.1) is 0 Å². The van der Waals surface area contributed by atoms with Crippen molar-refractivity contribution in [2.45, 2.75) is 13.0 Å². The topological polar surface area (TPSA) is 81.7 Å². The lowest BCUT2D eigenvalue weighted by atomic mass is 10.1. The molecule has 1 aliphatic heterocycles. The molecule has 0 spiro atoms. The number of carbonyl (C=O) groups excluding carboxylic acids is 1. The van der Waals surface area contributed by atoms with Crippen molar-refractivity contribution in [2.24, 2.45) is 5.92 Å². The van der Waals surface area contributed by atoms with Gasteiger partial charge < -0.3 is 20.6 Å². The molecular formula is C14H19N3O3. The third-order valence-corrected chi connectivity index (χ3v) is 3.45. The van der Waals surface area contributed by atoms with Crippen molar-refractivity contribution in [2.75, 3.05) is 25.5 Å². The molecular weight excluding hydrogens is 258 g/mol.